The van der Waals surface area contributed by atoms with E-state index in [1.807, 2.05) is 6.92 Å². The number of rotatable bonds is 3. The number of ether oxygens (including phenoxy) is 2. The molecule has 1 saturated heterocycles. The van der Waals surface area contributed by atoms with Crippen LogP contribution in [0.4, 0.5) is 4.79 Å². The highest BCUT2D eigenvalue weighted by atomic mass is 35.5. The lowest BCUT2D eigenvalue weighted by Crippen LogP contribution is -2.43. The van der Waals surface area contributed by atoms with Gasteiger partial charge in [0, 0.05) is 11.4 Å². The van der Waals surface area contributed by atoms with Crippen LogP contribution < -0.4 is 4.74 Å². The van der Waals surface area contributed by atoms with E-state index in [-0.39, 0.29) is 13.0 Å². The van der Waals surface area contributed by atoms with Gasteiger partial charge in [0.2, 0.25) is 0 Å². The van der Waals surface area contributed by atoms with Gasteiger partial charge in [-0.05, 0) is 51.8 Å². The van der Waals surface area contributed by atoms with Crippen molar-refractivity contribution in [2.75, 3.05) is 6.54 Å². The van der Waals surface area contributed by atoms with Crippen molar-refractivity contribution < 1.29 is 24.2 Å². The Hall–Kier alpha value is -1.66. The van der Waals surface area contributed by atoms with Gasteiger partial charge in [-0.1, -0.05) is 23.2 Å². The number of hydrogen-bond acceptors (Lipinski definition) is 4. The highest BCUT2D eigenvalue weighted by Crippen LogP contribution is 2.37. The zero-order valence-electron chi connectivity index (χ0n) is 15.4. The molecule has 2 rings (SSSR count). The number of halogens is 2. The zero-order chi connectivity index (χ0) is 19.8. The molecular formula is C18H23Cl2NO5. The van der Waals surface area contributed by atoms with Crippen LogP contribution in [0.3, 0.4) is 0 Å². The highest BCUT2D eigenvalue weighted by Gasteiger charge is 2.42. The molecule has 26 heavy (non-hydrogen) atoms. The number of aryl methyl sites for hydroxylation is 1. The molecule has 1 amide bonds. The molecule has 1 aliphatic heterocycles. The van der Waals surface area contributed by atoms with E-state index in [1.54, 1.807) is 33.8 Å². The van der Waals surface area contributed by atoms with E-state index in [0.717, 1.165) is 5.56 Å². The van der Waals surface area contributed by atoms with Crippen LogP contribution in [0, 0.1) is 13.8 Å². The van der Waals surface area contributed by atoms with Crippen LogP contribution in [0.2, 0.25) is 10.0 Å². The van der Waals surface area contributed by atoms with Gasteiger partial charge < -0.3 is 14.6 Å². The number of carboxylic acids is 1. The minimum absolute atomic E-state index is 0.100. The number of benzene rings is 1. The first-order valence-electron chi connectivity index (χ1n) is 8.25. The molecule has 0 radical (unpaired) electrons. The second-order valence-electron chi connectivity index (χ2n) is 7.41. The first kappa shape index (κ1) is 20.6. The summed E-state index contributed by atoms with van der Waals surface area (Å²) in [5, 5.41) is 10.4. The number of likely N-dealkylation sites (tertiary alicyclic amines) is 1. The molecule has 0 spiro atoms. The predicted molar refractivity (Wildman–Crippen MR) is 99.3 cm³/mol. The molecule has 1 fully saturated rings. The van der Waals surface area contributed by atoms with Gasteiger partial charge in [0.1, 0.15) is 23.5 Å². The Morgan fingerprint density at radius 2 is 1.85 bits per heavy atom. The second kappa shape index (κ2) is 7.53. The van der Waals surface area contributed by atoms with E-state index in [1.165, 1.54) is 4.90 Å². The average molecular weight is 404 g/mol. The van der Waals surface area contributed by atoms with Gasteiger partial charge in [-0.15, -0.1) is 0 Å². The second-order valence-corrected chi connectivity index (χ2v) is 8.16. The summed E-state index contributed by atoms with van der Waals surface area (Å²) in [6.45, 7) is 8.90. The van der Waals surface area contributed by atoms with Gasteiger partial charge in [0.25, 0.3) is 0 Å². The van der Waals surface area contributed by atoms with Crippen molar-refractivity contribution in [1.29, 1.82) is 0 Å². The zero-order valence-corrected chi connectivity index (χ0v) is 16.9. The van der Waals surface area contributed by atoms with Gasteiger partial charge in [-0.3, -0.25) is 4.90 Å². The summed E-state index contributed by atoms with van der Waals surface area (Å²) in [6.07, 6.45) is -1.04. The molecule has 1 aromatic carbocycles. The molecule has 1 N–H and O–H groups in total. The Morgan fingerprint density at radius 3 is 2.38 bits per heavy atom. The third-order valence-corrected chi connectivity index (χ3v) is 5.09. The summed E-state index contributed by atoms with van der Waals surface area (Å²) in [4.78, 5) is 25.1. The molecular weight excluding hydrogens is 381 g/mol. The van der Waals surface area contributed by atoms with Crippen molar-refractivity contribution in [2.24, 2.45) is 0 Å². The Kier molecular flexibility index (Phi) is 5.98. The van der Waals surface area contributed by atoms with Crippen LogP contribution in [0.25, 0.3) is 0 Å². The number of carbonyl (C=O) groups is 2. The van der Waals surface area contributed by atoms with Crippen molar-refractivity contribution in [1.82, 2.24) is 4.90 Å². The average Bonchev–Trinajstić information content (AvgIpc) is 2.93. The summed E-state index contributed by atoms with van der Waals surface area (Å²) in [7, 11) is 0. The molecule has 0 aliphatic carbocycles. The largest absolute Gasteiger partial charge is 0.487 e. The quantitative estimate of drug-likeness (QED) is 0.806. The molecule has 0 aromatic heterocycles. The fourth-order valence-corrected chi connectivity index (χ4v) is 3.20. The van der Waals surface area contributed by atoms with Gasteiger partial charge in [-0.25, -0.2) is 9.59 Å². The molecule has 8 heteroatoms. The standard InChI is InChI=1S/C18H23Cl2NO5/c1-9-6-13(15(20)10(2)14(9)19)25-11-7-12(16(22)23)21(8-11)17(24)26-18(3,4)5/h6,11-12H,7-8H2,1-5H3,(H,22,23)/t11-,12-/m0/s1. The lowest BCUT2D eigenvalue weighted by atomic mass is 10.1. The molecule has 1 aromatic rings. The predicted octanol–water partition coefficient (Wildman–Crippen LogP) is 4.45. The van der Waals surface area contributed by atoms with Crippen LogP contribution in [0.1, 0.15) is 38.3 Å². The number of amides is 1. The lowest BCUT2D eigenvalue weighted by Gasteiger charge is -2.26. The number of nitrogens with zero attached hydrogens (tertiary/aromatic N) is 1. The number of carboxylic acid groups (broad SMARTS) is 1. The number of aliphatic carboxylic acids is 1. The van der Waals surface area contributed by atoms with Crippen LogP contribution in [-0.4, -0.2) is 46.4 Å². The maximum atomic E-state index is 12.3. The van der Waals surface area contributed by atoms with Gasteiger partial charge in [0.05, 0.1) is 11.6 Å². The van der Waals surface area contributed by atoms with E-state index < -0.39 is 29.8 Å². The third kappa shape index (κ3) is 4.54. The topological polar surface area (TPSA) is 76.1 Å². The van der Waals surface area contributed by atoms with Crippen molar-refractivity contribution in [2.45, 2.75) is 58.8 Å². The van der Waals surface area contributed by atoms with Crippen LogP contribution >= 0.6 is 23.2 Å². The Morgan fingerprint density at radius 1 is 1.23 bits per heavy atom. The summed E-state index contributed by atoms with van der Waals surface area (Å²) >= 11 is 12.5. The molecule has 0 saturated carbocycles. The first-order chi connectivity index (χ1) is 11.9. The van der Waals surface area contributed by atoms with E-state index >= 15 is 0 Å². The SMILES string of the molecule is Cc1cc(O[C@H]2C[C@@H](C(=O)O)N(C(=O)OC(C)(C)C)C2)c(Cl)c(C)c1Cl. The fourth-order valence-electron chi connectivity index (χ4n) is 2.80. The Bertz CT molecular complexity index is 729. The van der Waals surface area contributed by atoms with E-state index in [0.29, 0.717) is 21.4 Å². The number of carbonyl (C=O) groups excluding carboxylic acids is 1. The highest BCUT2D eigenvalue weighted by molar-refractivity contribution is 6.37. The minimum Gasteiger partial charge on any atom is -0.487 e. The number of hydrogen-bond donors (Lipinski definition) is 1. The first-order valence-corrected chi connectivity index (χ1v) is 9.00. The monoisotopic (exact) mass is 403 g/mol. The summed E-state index contributed by atoms with van der Waals surface area (Å²) in [6, 6.07) is 0.701. The molecule has 1 aliphatic rings. The third-order valence-electron chi connectivity index (χ3n) is 4.04. The van der Waals surface area contributed by atoms with Crippen LogP contribution in [0.5, 0.6) is 5.75 Å². The van der Waals surface area contributed by atoms with Gasteiger partial charge >= 0.3 is 12.1 Å². The van der Waals surface area contributed by atoms with Crippen molar-refractivity contribution in [3.63, 3.8) is 0 Å². The normalized spacial score (nSPS) is 20.2. The van der Waals surface area contributed by atoms with Crippen molar-refractivity contribution in [3.8, 4) is 5.75 Å². The molecule has 144 valence electrons. The minimum atomic E-state index is -1.10. The Labute approximate surface area is 163 Å². The maximum Gasteiger partial charge on any atom is 0.411 e. The van der Waals surface area contributed by atoms with E-state index in [9.17, 15) is 14.7 Å². The Balaban J connectivity index is 2.20. The smallest absolute Gasteiger partial charge is 0.411 e. The fraction of sp³-hybridized carbons (Fsp3) is 0.556. The molecule has 0 bridgehead atoms. The van der Waals surface area contributed by atoms with Crippen molar-refractivity contribution >= 4 is 35.3 Å². The summed E-state index contributed by atoms with van der Waals surface area (Å²) in [5.41, 5.74) is 0.785. The summed E-state index contributed by atoms with van der Waals surface area (Å²) in [5.74, 6) is -0.678. The van der Waals surface area contributed by atoms with Gasteiger partial charge in [0.15, 0.2) is 0 Å². The maximum absolute atomic E-state index is 12.3. The van der Waals surface area contributed by atoms with Gasteiger partial charge in [-0.2, -0.15) is 0 Å². The van der Waals surface area contributed by atoms with Crippen LogP contribution in [-0.2, 0) is 9.53 Å². The molecule has 2 atom stereocenters. The molecule has 0 unspecified atom stereocenters. The molecule has 6 nitrogen and oxygen atoms in total. The van der Waals surface area contributed by atoms with Crippen LogP contribution in [0.15, 0.2) is 6.07 Å². The van der Waals surface area contributed by atoms with E-state index in [4.69, 9.17) is 32.7 Å². The lowest BCUT2D eigenvalue weighted by molar-refractivity contribution is -0.142. The summed E-state index contributed by atoms with van der Waals surface area (Å²) < 4.78 is 11.2. The molecule has 1 heterocycles. The van der Waals surface area contributed by atoms with Crippen molar-refractivity contribution in [3.05, 3.63) is 27.2 Å². The van der Waals surface area contributed by atoms with E-state index in [2.05, 4.69) is 0 Å².